The lowest BCUT2D eigenvalue weighted by Gasteiger charge is -2.06. The zero-order chi connectivity index (χ0) is 13.8. The number of hydrogen-bond acceptors (Lipinski definition) is 2. The Labute approximate surface area is 121 Å². The second-order valence-corrected chi connectivity index (χ2v) is 6.44. The molecule has 0 aliphatic carbocycles. The van der Waals surface area contributed by atoms with Crippen LogP contribution in [-0.2, 0) is 13.0 Å². The molecule has 0 unspecified atom stereocenters. The first-order chi connectivity index (χ1) is 9.19. The molecule has 2 rings (SSSR count). The van der Waals surface area contributed by atoms with E-state index in [9.17, 15) is 0 Å². The largest absolute Gasteiger partial charge is 0.312 e. The van der Waals surface area contributed by atoms with E-state index in [0.29, 0.717) is 0 Å². The maximum Gasteiger partial charge on any atom is 0.0380 e. The number of benzene rings is 1. The van der Waals surface area contributed by atoms with E-state index in [2.05, 4.69) is 45.1 Å². The minimum atomic E-state index is 1.03. The summed E-state index contributed by atoms with van der Waals surface area (Å²) in [4.78, 5) is 1.54. The lowest BCUT2D eigenvalue weighted by Crippen LogP contribution is -2.13. The minimum Gasteiger partial charge on any atom is -0.312 e. The molecule has 0 saturated carbocycles. The van der Waals surface area contributed by atoms with Crippen molar-refractivity contribution in [2.24, 2.45) is 0 Å². The van der Waals surface area contributed by atoms with Crippen molar-refractivity contribution in [1.29, 1.82) is 0 Å². The quantitative estimate of drug-likeness (QED) is 0.734. The Kier molecular flexibility index (Phi) is 5.00. The first-order valence-corrected chi connectivity index (χ1v) is 8.21. The summed E-state index contributed by atoms with van der Waals surface area (Å²) in [6.45, 7) is 11.1. The first-order valence-electron chi connectivity index (χ1n) is 7.40. The summed E-state index contributed by atoms with van der Waals surface area (Å²) >= 11 is 1.99. The molecule has 19 heavy (non-hydrogen) atoms. The summed E-state index contributed by atoms with van der Waals surface area (Å²) in [5.41, 5.74) is 4.44. The van der Waals surface area contributed by atoms with Crippen molar-refractivity contribution in [1.82, 2.24) is 5.32 Å². The van der Waals surface area contributed by atoms with Crippen molar-refractivity contribution in [2.45, 2.75) is 53.5 Å². The number of hydrogen-bond donors (Lipinski definition) is 1. The van der Waals surface area contributed by atoms with Crippen LogP contribution in [0, 0.1) is 13.8 Å². The zero-order valence-corrected chi connectivity index (χ0v) is 13.4. The zero-order valence-electron chi connectivity index (χ0n) is 12.6. The Balaban J connectivity index is 2.47. The minimum absolute atomic E-state index is 1.03. The van der Waals surface area contributed by atoms with Crippen LogP contribution in [0.4, 0.5) is 0 Å². The first kappa shape index (κ1) is 14.5. The lowest BCUT2D eigenvalue weighted by atomic mass is 10.00. The molecule has 1 nitrogen and oxygen atoms in total. The van der Waals surface area contributed by atoms with Crippen LogP contribution in [0.2, 0.25) is 0 Å². The SMILES string of the molecule is CCCNCc1sc2c(C)ccc(C)c2c1CCC. The molecule has 0 fully saturated rings. The van der Waals surface area contributed by atoms with E-state index < -0.39 is 0 Å². The second kappa shape index (κ2) is 6.53. The number of fused-ring (bicyclic) bond motifs is 1. The predicted octanol–water partition coefficient (Wildman–Crippen LogP) is 4.97. The third kappa shape index (κ3) is 3.01. The summed E-state index contributed by atoms with van der Waals surface area (Å²) in [7, 11) is 0. The van der Waals surface area contributed by atoms with Crippen LogP contribution in [0.3, 0.4) is 0 Å². The van der Waals surface area contributed by atoms with Gasteiger partial charge in [-0.1, -0.05) is 32.4 Å². The lowest BCUT2D eigenvalue weighted by molar-refractivity contribution is 0.677. The normalized spacial score (nSPS) is 11.4. The second-order valence-electron chi connectivity index (χ2n) is 5.33. The van der Waals surface area contributed by atoms with Gasteiger partial charge in [-0.15, -0.1) is 11.3 Å². The van der Waals surface area contributed by atoms with Crippen LogP contribution in [0.25, 0.3) is 10.1 Å². The van der Waals surface area contributed by atoms with Gasteiger partial charge in [0.15, 0.2) is 0 Å². The summed E-state index contributed by atoms with van der Waals surface area (Å²) < 4.78 is 1.50. The van der Waals surface area contributed by atoms with Gasteiger partial charge in [0.05, 0.1) is 0 Å². The highest BCUT2D eigenvalue weighted by atomic mass is 32.1. The molecule has 0 saturated heterocycles. The highest BCUT2D eigenvalue weighted by Crippen LogP contribution is 2.36. The molecule has 1 aromatic heterocycles. The summed E-state index contributed by atoms with van der Waals surface area (Å²) in [6, 6.07) is 4.53. The van der Waals surface area contributed by atoms with Crippen molar-refractivity contribution in [3.8, 4) is 0 Å². The smallest absolute Gasteiger partial charge is 0.0380 e. The highest BCUT2D eigenvalue weighted by Gasteiger charge is 2.14. The molecule has 0 aliphatic heterocycles. The van der Waals surface area contributed by atoms with Crippen LogP contribution in [0.1, 0.15) is 48.3 Å². The van der Waals surface area contributed by atoms with Gasteiger partial charge in [0.1, 0.15) is 0 Å². The number of aryl methyl sites for hydroxylation is 3. The van der Waals surface area contributed by atoms with Gasteiger partial charge in [-0.25, -0.2) is 0 Å². The molecule has 0 radical (unpaired) electrons. The Morgan fingerprint density at radius 1 is 1.05 bits per heavy atom. The fourth-order valence-corrected chi connectivity index (χ4v) is 4.02. The van der Waals surface area contributed by atoms with Gasteiger partial charge in [0, 0.05) is 16.1 Å². The van der Waals surface area contributed by atoms with Crippen molar-refractivity contribution in [3.05, 3.63) is 33.7 Å². The molecule has 0 amide bonds. The Bertz CT molecular complexity index is 554. The van der Waals surface area contributed by atoms with E-state index in [-0.39, 0.29) is 0 Å². The van der Waals surface area contributed by atoms with Crippen LogP contribution in [-0.4, -0.2) is 6.54 Å². The van der Waals surface area contributed by atoms with E-state index in [1.807, 2.05) is 11.3 Å². The maximum atomic E-state index is 3.56. The molecule has 1 heterocycles. The topological polar surface area (TPSA) is 12.0 Å². The standard InChI is InChI=1S/C17H25NS/c1-5-7-14-15(11-18-10-6-2)19-17-13(4)9-8-12(3)16(14)17/h8-9,18H,5-7,10-11H2,1-4H3. The fourth-order valence-electron chi connectivity index (χ4n) is 2.65. The molecule has 0 bridgehead atoms. The van der Waals surface area contributed by atoms with E-state index in [1.165, 1.54) is 40.5 Å². The Morgan fingerprint density at radius 2 is 1.79 bits per heavy atom. The van der Waals surface area contributed by atoms with Gasteiger partial charge in [-0.3, -0.25) is 0 Å². The van der Waals surface area contributed by atoms with E-state index in [0.717, 1.165) is 13.1 Å². The maximum absolute atomic E-state index is 3.56. The third-order valence-corrected chi connectivity index (χ3v) is 5.01. The van der Waals surface area contributed by atoms with Crippen LogP contribution in [0.15, 0.2) is 12.1 Å². The van der Waals surface area contributed by atoms with E-state index in [1.54, 1.807) is 10.4 Å². The van der Waals surface area contributed by atoms with Gasteiger partial charge in [0.2, 0.25) is 0 Å². The van der Waals surface area contributed by atoms with E-state index in [4.69, 9.17) is 0 Å². The summed E-state index contributed by atoms with van der Waals surface area (Å²) in [5.74, 6) is 0. The van der Waals surface area contributed by atoms with Crippen LogP contribution >= 0.6 is 11.3 Å². The fraction of sp³-hybridized carbons (Fsp3) is 0.529. The van der Waals surface area contributed by atoms with Crippen LogP contribution in [0.5, 0.6) is 0 Å². The van der Waals surface area contributed by atoms with Crippen molar-refractivity contribution < 1.29 is 0 Å². The summed E-state index contributed by atoms with van der Waals surface area (Å²) in [5, 5.41) is 5.09. The molecule has 1 N–H and O–H groups in total. The van der Waals surface area contributed by atoms with Gasteiger partial charge >= 0.3 is 0 Å². The molecular formula is C17H25NS. The van der Waals surface area contributed by atoms with E-state index >= 15 is 0 Å². The average molecular weight is 275 g/mol. The highest BCUT2D eigenvalue weighted by molar-refractivity contribution is 7.19. The van der Waals surface area contributed by atoms with Gasteiger partial charge in [-0.2, -0.15) is 0 Å². The van der Waals surface area contributed by atoms with Crippen molar-refractivity contribution >= 4 is 21.4 Å². The number of rotatable bonds is 6. The molecule has 104 valence electrons. The van der Waals surface area contributed by atoms with Crippen molar-refractivity contribution in [3.63, 3.8) is 0 Å². The third-order valence-electron chi connectivity index (χ3n) is 3.64. The van der Waals surface area contributed by atoms with Crippen molar-refractivity contribution in [2.75, 3.05) is 6.54 Å². The molecule has 0 spiro atoms. The van der Waals surface area contributed by atoms with Gasteiger partial charge < -0.3 is 5.32 Å². The molecule has 2 aromatic rings. The summed E-state index contributed by atoms with van der Waals surface area (Å²) in [6.07, 6.45) is 3.62. The average Bonchev–Trinajstić information content (AvgIpc) is 2.75. The molecule has 1 aromatic carbocycles. The van der Waals surface area contributed by atoms with Crippen LogP contribution < -0.4 is 5.32 Å². The Hall–Kier alpha value is -0.860. The van der Waals surface area contributed by atoms with Gasteiger partial charge in [0.25, 0.3) is 0 Å². The number of thiophene rings is 1. The molecule has 0 atom stereocenters. The molecule has 0 aliphatic rings. The monoisotopic (exact) mass is 275 g/mol. The van der Waals surface area contributed by atoms with Gasteiger partial charge in [-0.05, 0) is 55.3 Å². The molecule has 2 heteroatoms. The molecular weight excluding hydrogens is 250 g/mol. The predicted molar refractivity (Wildman–Crippen MR) is 87.3 cm³/mol. The number of nitrogens with one attached hydrogen (secondary N) is 1. The Morgan fingerprint density at radius 3 is 2.47 bits per heavy atom.